The highest BCUT2D eigenvalue weighted by molar-refractivity contribution is 7.99. The molecule has 0 aromatic heterocycles. The highest BCUT2D eigenvalue weighted by Gasteiger charge is 2.29. The summed E-state index contributed by atoms with van der Waals surface area (Å²) in [5.74, 6) is -2.08. The normalized spacial score (nSPS) is 18.4. The molecule has 0 aliphatic carbocycles. The van der Waals surface area contributed by atoms with Gasteiger partial charge >= 0.3 is 6.18 Å². The number of carbonyl (C=O) groups is 2. The molecule has 2 rings (SSSR count). The maximum Gasteiger partial charge on any atom is 0.398 e. The molecular formula is C13H13F3N2O2S. The number of anilines is 1. The van der Waals surface area contributed by atoms with Crippen LogP contribution in [-0.4, -0.2) is 30.3 Å². The molecule has 1 atom stereocenters. The van der Waals surface area contributed by atoms with Gasteiger partial charge in [-0.1, -0.05) is 12.1 Å². The van der Waals surface area contributed by atoms with E-state index in [4.69, 9.17) is 0 Å². The van der Waals surface area contributed by atoms with Crippen LogP contribution in [0.15, 0.2) is 29.2 Å². The van der Waals surface area contributed by atoms with Crippen molar-refractivity contribution < 1.29 is 22.8 Å². The number of hydrogen-bond donors (Lipinski definition) is 2. The summed E-state index contributed by atoms with van der Waals surface area (Å²) in [5.41, 5.74) is 0.330. The maximum atomic E-state index is 12.3. The van der Waals surface area contributed by atoms with E-state index >= 15 is 0 Å². The number of amides is 2. The van der Waals surface area contributed by atoms with Crippen LogP contribution >= 0.6 is 11.8 Å². The minimum atomic E-state index is -4.27. The van der Waals surface area contributed by atoms with Gasteiger partial charge in [-0.2, -0.15) is 13.2 Å². The average Bonchev–Trinajstić information content (AvgIpc) is 2.83. The van der Waals surface area contributed by atoms with Crippen LogP contribution in [0.1, 0.15) is 6.42 Å². The van der Waals surface area contributed by atoms with Gasteiger partial charge in [-0.3, -0.25) is 9.59 Å². The zero-order valence-electron chi connectivity index (χ0n) is 10.9. The number of thioether (sulfide) groups is 1. The van der Waals surface area contributed by atoms with E-state index in [1.54, 1.807) is 18.2 Å². The summed E-state index contributed by atoms with van der Waals surface area (Å²) >= 11 is 0.617. The number of rotatable bonds is 4. The fourth-order valence-corrected chi connectivity index (χ4v) is 2.65. The number of para-hydroxylation sites is 1. The molecule has 1 saturated heterocycles. The Balaban J connectivity index is 2.02. The van der Waals surface area contributed by atoms with Crippen molar-refractivity contribution >= 4 is 29.3 Å². The zero-order valence-corrected chi connectivity index (χ0v) is 11.7. The van der Waals surface area contributed by atoms with Gasteiger partial charge in [-0.25, -0.2) is 0 Å². The van der Waals surface area contributed by atoms with Crippen molar-refractivity contribution in [1.29, 1.82) is 0 Å². The summed E-state index contributed by atoms with van der Waals surface area (Å²) in [7, 11) is 0. The van der Waals surface area contributed by atoms with Gasteiger partial charge in [0.05, 0.1) is 17.4 Å². The fraction of sp³-hybridized carbons (Fsp3) is 0.385. The van der Waals surface area contributed by atoms with E-state index in [9.17, 15) is 22.8 Å². The summed E-state index contributed by atoms with van der Waals surface area (Å²) in [4.78, 5) is 23.4. The summed E-state index contributed by atoms with van der Waals surface area (Å²) in [6.07, 6.45) is -4.17. The lowest BCUT2D eigenvalue weighted by molar-refractivity contribution is -0.123. The van der Waals surface area contributed by atoms with Crippen molar-refractivity contribution in [2.24, 2.45) is 5.92 Å². The quantitative estimate of drug-likeness (QED) is 0.838. The molecule has 2 amide bonds. The van der Waals surface area contributed by atoms with Crippen LogP contribution in [0, 0.1) is 5.92 Å². The van der Waals surface area contributed by atoms with Crippen molar-refractivity contribution in [1.82, 2.24) is 5.32 Å². The van der Waals surface area contributed by atoms with E-state index in [0.29, 0.717) is 22.3 Å². The number of nitrogens with one attached hydrogen (secondary N) is 2. The van der Waals surface area contributed by atoms with Gasteiger partial charge in [0.25, 0.3) is 0 Å². The van der Waals surface area contributed by atoms with Crippen LogP contribution in [-0.2, 0) is 9.59 Å². The van der Waals surface area contributed by atoms with Crippen LogP contribution in [0.5, 0.6) is 0 Å². The van der Waals surface area contributed by atoms with Gasteiger partial charge in [0.1, 0.15) is 0 Å². The number of alkyl halides is 3. The molecule has 21 heavy (non-hydrogen) atoms. The summed E-state index contributed by atoms with van der Waals surface area (Å²) in [5, 5.41) is 5.13. The third-order valence-corrected chi connectivity index (χ3v) is 4.02. The van der Waals surface area contributed by atoms with Crippen molar-refractivity contribution in [3.63, 3.8) is 0 Å². The van der Waals surface area contributed by atoms with Crippen LogP contribution in [0.25, 0.3) is 0 Å². The van der Waals surface area contributed by atoms with E-state index in [1.165, 1.54) is 6.07 Å². The first-order chi connectivity index (χ1) is 9.85. The highest BCUT2D eigenvalue weighted by Crippen LogP contribution is 2.32. The molecule has 0 saturated carbocycles. The Morgan fingerprint density at radius 2 is 2.10 bits per heavy atom. The van der Waals surface area contributed by atoms with E-state index in [1.807, 2.05) is 0 Å². The smallest absolute Gasteiger partial charge is 0.355 e. The van der Waals surface area contributed by atoms with Gasteiger partial charge in [0.15, 0.2) is 0 Å². The summed E-state index contributed by atoms with van der Waals surface area (Å²) in [6, 6.07) is 6.30. The Morgan fingerprint density at radius 1 is 1.38 bits per heavy atom. The van der Waals surface area contributed by atoms with Crippen molar-refractivity contribution in [3.8, 4) is 0 Å². The largest absolute Gasteiger partial charge is 0.398 e. The van der Waals surface area contributed by atoms with E-state index in [2.05, 4.69) is 10.6 Å². The number of benzene rings is 1. The Labute approximate surface area is 123 Å². The Kier molecular flexibility index (Phi) is 4.76. The van der Waals surface area contributed by atoms with E-state index in [-0.39, 0.29) is 24.8 Å². The Bertz CT molecular complexity index is 548. The van der Waals surface area contributed by atoms with E-state index < -0.39 is 17.8 Å². The predicted molar refractivity (Wildman–Crippen MR) is 73.0 cm³/mol. The van der Waals surface area contributed by atoms with Crippen LogP contribution in [0.3, 0.4) is 0 Å². The summed E-state index contributed by atoms with van der Waals surface area (Å²) < 4.78 is 36.8. The third kappa shape index (κ3) is 4.66. The topological polar surface area (TPSA) is 58.2 Å². The first-order valence-electron chi connectivity index (χ1n) is 6.21. The van der Waals surface area contributed by atoms with Crippen LogP contribution in [0.2, 0.25) is 0 Å². The molecule has 1 aromatic carbocycles. The molecule has 2 N–H and O–H groups in total. The zero-order chi connectivity index (χ0) is 15.5. The van der Waals surface area contributed by atoms with Gasteiger partial charge in [-0.05, 0) is 12.1 Å². The average molecular weight is 318 g/mol. The molecular weight excluding hydrogens is 305 g/mol. The first-order valence-corrected chi connectivity index (χ1v) is 7.20. The second kappa shape index (κ2) is 6.38. The molecule has 1 aliphatic rings. The van der Waals surface area contributed by atoms with Crippen LogP contribution < -0.4 is 10.6 Å². The predicted octanol–water partition coefficient (Wildman–Crippen LogP) is 2.42. The minimum absolute atomic E-state index is 0.101. The van der Waals surface area contributed by atoms with E-state index in [0.717, 1.165) is 0 Å². The van der Waals surface area contributed by atoms with Gasteiger partial charge in [-0.15, -0.1) is 11.8 Å². The lowest BCUT2D eigenvalue weighted by atomic mass is 10.1. The van der Waals surface area contributed by atoms with Crippen molar-refractivity contribution in [2.45, 2.75) is 17.5 Å². The molecule has 0 spiro atoms. The molecule has 1 unspecified atom stereocenters. The second-order valence-electron chi connectivity index (χ2n) is 4.59. The molecule has 1 fully saturated rings. The molecule has 0 radical (unpaired) electrons. The fourth-order valence-electron chi connectivity index (χ4n) is 1.88. The van der Waals surface area contributed by atoms with Crippen molar-refractivity contribution in [2.75, 3.05) is 17.6 Å². The SMILES string of the molecule is O=C1CC(C(=O)Nc2ccccc2SCC(F)(F)F)CN1. The third-order valence-electron chi connectivity index (χ3n) is 2.88. The molecule has 8 heteroatoms. The molecule has 0 bridgehead atoms. The molecule has 1 heterocycles. The minimum Gasteiger partial charge on any atom is -0.355 e. The molecule has 4 nitrogen and oxygen atoms in total. The number of carbonyl (C=O) groups excluding carboxylic acids is 2. The lowest BCUT2D eigenvalue weighted by Crippen LogP contribution is -2.25. The monoisotopic (exact) mass is 318 g/mol. The lowest BCUT2D eigenvalue weighted by Gasteiger charge is -2.13. The standard InChI is InChI=1S/C13H13F3N2O2S/c14-13(15,16)7-21-10-4-2-1-3-9(10)18-12(20)8-5-11(19)17-6-8/h1-4,8H,5-7H2,(H,17,19)(H,18,20). The van der Waals surface area contributed by atoms with Crippen LogP contribution in [0.4, 0.5) is 18.9 Å². The van der Waals surface area contributed by atoms with Crippen molar-refractivity contribution in [3.05, 3.63) is 24.3 Å². The Morgan fingerprint density at radius 3 is 2.71 bits per heavy atom. The molecule has 1 aromatic rings. The summed E-state index contributed by atoms with van der Waals surface area (Å²) in [6.45, 7) is 0.253. The highest BCUT2D eigenvalue weighted by atomic mass is 32.2. The van der Waals surface area contributed by atoms with Gasteiger partial charge in [0, 0.05) is 17.9 Å². The molecule has 1 aliphatic heterocycles. The number of halogens is 3. The Hall–Kier alpha value is -1.70. The molecule has 114 valence electrons. The second-order valence-corrected chi connectivity index (χ2v) is 5.61. The van der Waals surface area contributed by atoms with Gasteiger partial charge in [0.2, 0.25) is 11.8 Å². The van der Waals surface area contributed by atoms with Gasteiger partial charge < -0.3 is 10.6 Å². The first kappa shape index (κ1) is 15.7. The number of hydrogen-bond acceptors (Lipinski definition) is 3. The maximum absolute atomic E-state index is 12.3.